The Labute approximate surface area is 158 Å². The fourth-order valence-corrected chi connectivity index (χ4v) is 4.86. The zero-order valence-electron chi connectivity index (χ0n) is 15.2. The summed E-state index contributed by atoms with van der Waals surface area (Å²) in [5.74, 6) is -0.497. The third-order valence-electron chi connectivity index (χ3n) is 6.11. The molecular formula is C22H25F2NO2. The Kier molecular flexibility index (Phi) is 4.91. The van der Waals surface area contributed by atoms with Crippen LogP contribution in [0.4, 0.5) is 8.78 Å². The van der Waals surface area contributed by atoms with Gasteiger partial charge in [0.1, 0.15) is 5.75 Å². The molecule has 27 heavy (non-hydrogen) atoms. The van der Waals surface area contributed by atoms with Crippen molar-refractivity contribution in [3.05, 3.63) is 65.2 Å². The van der Waals surface area contributed by atoms with E-state index in [1.807, 2.05) is 12.1 Å². The normalized spacial score (nSPS) is 27.8. The second kappa shape index (κ2) is 7.21. The monoisotopic (exact) mass is 373 g/mol. The van der Waals surface area contributed by atoms with E-state index in [9.17, 15) is 19.0 Å². The molecule has 2 aromatic rings. The highest BCUT2D eigenvalue weighted by Crippen LogP contribution is 2.45. The Morgan fingerprint density at radius 1 is 0.926 bits per heavy atom. The summed E-state index contributed by atoms with van der Waals surface area (Å²) in [6.45, 7) is 2.92. The lowest BCUT2D eigenvalue weighted by Crippen LogP contribution is -2.32. The molecule has 2 aromatic carbocycles. The van der Waals surface area contributed by atoms with Crippen LogP contribution >= 0.6 is 0 Å². The minimum absolute atomic E-state index is 0.287. The molecule has 1 saturated carbocycles. The first-order chi connectivity index (χ1) is 12.9. The van der Waals surface area contributed by atoms with Gasteiger partial charge in [-0.15, -0.1) is 0 Å². The first-order valence-corrected chi connectivity index (χ1v) is 9.57. The van der Waals surface area contributed by atoms with Gasteiger partial charge < -0.3 is 15.1 Å². The summed E-state index contributed by atoms with van der Waals surface area (Å²) in [7, 11) is 0. The van der Waals surface area contributed by atoms with Crippen molar-refractivity contribution in [3.8, 4) is 5.75 Å². The lowest BCUT2D eigenvalue weighted by atomic mass is 9.91. The first kappa shape index (κ1) is 18.4. The molecule has 3 nitrogen and oxygen atoms in total. The van der Waals surface area contributed by atoms with Gasteiger partial charge in [-0.2, -0.15) is 0 Å². The summed E-state index contributed by atoms with van der Waals surface area (Å²) >= 11 is 0. The van der Waals surface area contributed by atoms with Crippen molar-refractivity contribution < 1.29 is 19.0 Å². The van der Waals surface area contributed by atoms with Crippen LogP contribution in [0.2, 0.25) is 0 Å². The van der Waals surface area contributed by atoms with Crippen LogP contribution in [0.3, 0.4) is 0 Å². The zero-order valence-corrected chi connectivity index (χ0v) is 15.2. The Balaban J connectivity index is 1.30. The van der Waals surface area contributed by atoms with Crippen LogP contribution in [0.1, 0.15) is 24.0 Å². The Morgan fingerprint density at radius 2 is 1.56 bits per heavy atom. The molecule has 2 aliphatic rings. The van der Waals surface area contributed by atoms with Gasteiger partial charge in [0.15, 0.2) is 11.6 Å². The van der Waals surface area contributed by atoms with E-state index in [4.69, 9.17) is 0 Å². The molecule has 4 rings (SSSR count). The average Bonchev–Trinajstić information content (AvgIpc) is 3.12. The molecule has 1 aliphatic heterocycles. The van der Waals surface area contributed by atoms with E-state index in [-0.39, 0.29) is 5.75 Å². The van der Waals surface area contributed by atoms with Crippen LogP contribution in [0, 0.1) is 23.5 Å². The van der Waals surface area contributed by atoms with Crippen molar-refractivity contribution in [2.75, 3.05) is 19.6 Å². The summed E-state index contributed by atoms with van der Waals surface area (Å²) < 4.78 is 26.5. The Bertz CT molecular complexity index is 794. The average molecular weight is 373 g/mol. The van der Waals surface area contributed by atoms with E-state index in [2.05, 4.69) is 4.90 Å². The van der Waals surface area contributed by atoms with Crippen LogP contribution in [-0.2, 0) is 12.8 Å². The minimum Gasteiger partial charge on any atom is -0.508 e. The number of nitrogens with zero attached hydrogens (tertiary/aromatic N) is 1. The molecule has 2 unspecified atom stereocenters. The molecule has 0 aromatic heterocycles. The van der Waals surface area contributed by atoms with Gasteiger partial charge in [0.25, 0.3) is 0 Å². The number of likely N-dealkylation sites (tertiary alicyclic amines) is 1. The van der Waals surface area contributed by atoms with Crippen LogP contribution < -0.4 is 0 Å². The van der Waals surface area contributed by atoms with Crippen LogP contribution in [0.5, 0.6) is 5.75 Å². The van der Waals surface area contributed by atoms with Gasteiger partial charge >= 0.3 is 0 Å². The number of aliphatic hydroxyl groups is 1. The van der Waals surface area contributed by atoms with Crippen molar-refractivity contribution in [2.45, 2.75) is 31.3 Å². The van der Waals surface area contributed by atoms with Gasteiger partial charge in [0, 0.05) is 26.1 Å². The molecule has 1 aliphatic carbocycles. The molecule has 0 radical (unpaired) electrons. The van der Waals surface area contributed by atoms with Crippen molar-refractivity contribution in [1.29, 1.82) is 0 Å². The quantitative estimate of drug-likeness (QED) is 0.843. The van der Waals surface area contributed by atoms with Gasteiger partial charge in [-0.3, -0.25) is 0 Å². The third kappa shape index (κ3) is 4.14. The summed E-state index contributed by atoms with van der Waals surface area (Å²) in [4.78, 5) is 2.44. The zero-order chi connectivity index (χ0) is 19.0. The SMILES string of the molecule is Oc1ccc(CCN2CC3CC(O)(Cc4ccc(F)c(F)c4)C[C@H]3C2)cc1. The highest BCUT2D eigenvalue weighted by atomic mass is 19.2. The third-order valence-corrected chi connectivity index (χ3v) is 6.11. The van der Waals surface area contributed by atoms with E-state index in [0.29, 0.717) is 36.7 Å². The Hall–Kier alpha value is -1.98. The number of hydrogen-bond acceptors (Lipinski definition) is 3. The topological polar surface area (TPSA) is 43.7 Å². The maximum absolute atomic E-state index is 13.4. The van der Waals surface area contributed by atoms with Crippen molar-refractivity contribution in [1.82, 2.24) is 4.90 Å². The molecule has 144 valence electrons. The number of rotatable bonds is 5. The number of aromatic hydroxyl groups is 1. The molecule has 1 heterocycles. The summed E-state index contributed by atoms with van der Waals surface area (Å²) in [5, 5.41) is 20.3. The van der Waals surface area contributed by atoms with E-state index in [1.165, 1.54) is 11.6 Å². The maximum atomic E-state index is 13.4. The number of benzene rings is 2. The van der Waals surface area contributed by atoms with Gasteiger partial charge in [-0.05, 0) is 66.5 Å². The van der Waals surface area contributed by atoms with Gasteiger partial charge in [0.05, 0.1) is 5.60 Å². The second-order valence-corrected chi connectivity index (χ2v) is 8.25. The smallest absolute Gasteiger partial charge is 0.159 e. The molecule has 0 spiro atoms. The van der Waals surface area contributed by atoms with E-state index < -0.39 is 17.2 Å². The summed E-state index contributed by atoms with van der Waals surface area (Å²) in [5.41, 5.74) is 1.04. The molecule has 1 saturated heterocycles. The van der Waals surface area contributed by atoms with Crippen LogP contribution in [0.15, 0.2) is 42.5 Å². The number of hydrogen-bond donors (Lipinski definition) is 2. The molecule has 3 atom stereocenters. The fraction of sp³-hybridized carbons (Fsp3) is 0.455. The highest BCUT2D eigenvalue weighted by Gasteiger charge is 2.47. The van der Waals surface area contributed by atoms with Gasteiger partial charge in [0.2, 0.25) is 0 Å². The predicted octanol–water partition coefficient (Wildman–Crippen LogP) is 3.53. The van der Waals surface area contributed by atoms with E-state index >= 15 is 0 Å². The lowest BCUT2D eigenvalue weighted by Gasteiger charge is -2.26. The number of phenolic OH excluding ortho intramolecular Hbond substituents is 1. The number of halogens is 2. The molecule has 0 amide bonds. The lowest BCUT2D eigenvalue weighted by molar-refractivity contribution is 0.0354. The largest absolute Gasteiger partial charge is 0.508 e. The van der Waals surface area contributed by atoms with Crippen LogP contribution in [-0.4, -0.2) is 40.3 Å². The summed E-state index contributed by atoms with van der Waals surface area (Å²) in [6.07, 6.45) is 2.75. The van der Waals surface area contributed by atoms with Crippen molar-refractivity contribution >= 4 is 0 Å². The molecule has 0 bridgehead atoms. The molecule has 2 fully saturated rings. The molecule has 5 heteroatoms. The predicted molar refractivity (Wildman–Crippen MR) is 99.5 cm³/mol. The van der Waals surface area contributed by atoms with Crippen molar-refractivity contribution in [3.63, 3.8) is 0 Å². The molecule has 2 N–H and O–H groups in total. The number of phenols is 1. The van der Waals surface area contributed by atoms with Gasteiger partial charge in [-0.25, -0.2) is 8.78 Å². The maximum Gasteiger partial charge on any atom is 0.159 e. The first-order valence-electron chi connectivity index (χ1n) is 9.57. The summed E-state index contributed by atoms with van der Waals surface area (Å²) in [6, 6.07) is 11.2. The van der Waals surface area contributed by atoms with Crippen LogP contribution in [0.25, 0.3) is 0 Å². The minimum atomic E-state index is -0.852. The molecular weight excluding hydrogens is 348 g/mol. The van der Waals surface area contributed by atoms with E-state index in [0.717, 1.165) is 32.1 Å². The Morgan fingerprint density at radius 3 is 2.19 bits per heavy atom. The second-order valence-electron chi connectivity index (χ2n) is 8.25. The standard InChI is InChI=1S/C22H25F2NO2/c23-20-6-3-16(9-21(20)24)10-22(27)11-17-13-25(14-18(17)12-22)8-7-15-1-4-19(26)5-2-15/h1-6,9,17-18,26-27H,7-8,10-14H2/t17-,18?,22?/m0/s1. The van der Waals surface area contributed by atoms with Gasteiger partial charge in [-0.1, -0.05) is 18.2 Å². The number of fused-ring (bicyclic) bond motifs is 1. The van der Waals surface area contributed by atoms with E-state index in [1.54, 1.807) is 18.2 Å². The fourth-order valence-electron chi connectivity index (χ4n) is 4.86. The van der Waals surface area contributed by atoms with Crippen molar-refractivity contribution in [2.24, 2.45) is 11.8 Å². The highest BCUT2D eigenvalue weighted by molar-refractivity contribution is 5.26.